The third kappa shape index (κ3) is 4.76. The molecule has 1 fully saturated rings. The molecule has 1 N–H and O–H groups in total. The van der Waals surface area contributed by atoms with Gasteiger partial charge in [-0.2, -0.15) is 9.41 Å². The zero-order valence-electron chi connectivity index (χ0n) is 16.5. The van der Waals surface area contributed by atoms with Crippen LogP contribution in [0.1, 0.15) is 11.1 Å². The summed E-state index contributed by atoms with van der Waals surface area (Å²) in [6, 6.07) is 14.9. The van der Waals surface area contributed by atoms with Crippen LogP contribution in [0.15, 0.2) is 63.9 Å². The van der Waals surface area contributed by atoms with E-state index in [2.05, 4.69) is 15.5 Å². The van der Waals surface area contributed by atoms with Crippen molar-refractivity contribution in [2.75, 3.05) is 31.7 Å². The van der Waals surface area contributed by atoms with Gasteiger partial charge in [-0.3, -0.25) is 5.43 Å². The van der Waals surface area contributed by atoms with Gasteiger partial charge < -0.3 is 4.74 Å². The number of rotatable bonds is 6. The lowest BCUT2D eigenvalue weighted by atomic mass is 10.2. The maximum Gasteiger partial charge on any atom is 0.243 e. The monoisotopic (exact) mass is 442 g/mol. The van der Waals surface area contributed by atoms with E-state index < -0.39 is 10.0 Å². The lowest BCUT2D eigenvalue weighted by Crippen LogP contribution is -2.40. The molecule has 0 spiro atoms. The van der Waals surface area contributed by atoms with Gasteiger partial charge in [-0.25, -0.2) is 13.4 Å². The number of aryl methyl sites for hydroxylation is 1. The Morgan fingerprint density at radius 3 is 2.50 bits per heavy atom. The number of sulfonamides is 1. The summed E-state index contributed by atoms with van der Waals surface area (Å²) in [6.07, 6.45) is 1.74. The largest absolute Gasteiger partial charge is 0.379 e. The first-order valence-corrected chi connectivity index (χ1v) is 11.8. The minimum atomic E-state index is -3.49. The van der Waals surface area contributed by atoms with Gasteiger partial charge in [0, 0.05) is 24.0 Å². The van der Waals surface area contributed by atoms with Gasteiger partial charge >= 0.3 is 0 Å². The summed E-state index contributed by atoms with van der Waals surface area (Å²) in [5.74, 6) is 0. The van der Waals surface area contributed by atoms with E-state index in [9.17, 15) is 8.42 Å². The Morgan fingerprint density at radius 1 is 1.10 bits per heavy atom. The van der Waals surface area contributed by atoms with Gasteiger partial charge in [-0.15, -0.1) is 11.3 Å². The van der Waals surface area contributed by atoms with Crippen LogP contribution in [-0.4, -0.2) is 50.2 Å². The number of hydrazone groups is 1. The van der Waals surface area contributed by atoms with E-state index in [1.54, 1.807) is 30.5 Å². The van der Waals surface area contributed by atoms with Crippen molar-refractivity contribution in [1.29, 1.82) is 0 Å². The predicted molar refractivity (Wildman–Crippen MR) is 120 cm³/mol. The predicted octanol–water partition coefficient (Wildman–Crippen LogP) is 3.59. The quantitative estimate of drug-likeness (QED) is 0.466. The summed E-state index contributed by atoms with van der Waals surface area (Å²) < 4.78 is 32.1. The first-order valence-electron chi connectivity index (χ1n) is 9.52. The number of hydrogen-bond acceptors (Lipinski definition) is 7. The Labute approximate surface area is 180 Å². The van der Waals surface area contributed by atoms with Crippen molar-refractivity contribution in [2.24, 2.45) is 5.10 Å². The molecule has 4 rings (SSSR count). The number of anilines is 1. The highest BCUT2D eigenvalue weighted by molar-refractivity contribution is 7.89. The molecule has 0 radical (unpaired) electrons. The van der Waals surface area contributed by atoms with Gasteiger partial charge in [0.25, 0.3) is 0 Å². The summed E-state index contributed by atoms with van der Waals surface area (Å²) in [4.78, 5) is 4.81. The number of thiazole rings is 1. The molecule has 0 unspecified atom stereocenters. The van der Waals surface area contributed by atoms with Crippen molar-refractivity contribution in [3.63, 3.8) is 0 Å². The van der Waals surface area contributed by atoms with Gasteiger partial charge in [0.1, 0.15) is 0 Å². The first-order chi connectivity index (χ1) is 14.5. The van der Waals surface area contributed by atoms with Crippen LogP contribution in [-0.2, 0) is 14.8 Å². The molecule has 2 aromatic carbocycles. The van der Waals surface area contributed by atoms with Crippen molar-refractivity contribution in [3.8, 4) is 11.3 Å². The van der Waals surface area contributed by atoms with E-state index in [0.717, 1.165) is 16.8 Å². The molecule has 1 aliphatic rings. The highest BCUT2D eigenvalue weighted by Gasteiger charge is 2.26. The van der Waals surface area contributed by atoms with Gasteiger partial charge in [0.2, 0.25) is 15.2 Å². The Morgan fingerprint density at radius 2 is 1.80 bits per heavy atom. The van der Waals surface area contributed by atoms with Crippen LogP contribution >= 0.6 is 11.3 Å². The van der Waals surface area contributed by atoms with Crippen LogP contribution in [0.25, 0.3) is 11.3 Å². The molecule has 7 nitrogen and oxygen atoms in total. The maximum absolute atomic E-state index is 12.7. The lowest BCUT2D eigenvalue weighted by Gasteiger charge is -2.26. The topological polar surface area (TPSA) is 83.9 Å². The standard InChI is InChI=1S/C21H22N4O3S2/c1-16-2-4-17(5-3-16)14-22-24-21-23-20(15-29-21)18-6-8-19(9-7-18)30(26,27)25-10-12-28-13-11-25/h2-9,14-15H,10-13H2,1H3,(H,23,24)/b22-14+. The van der Waals surface area contributed by atoms with E-state index in [4.69, 9.17) is 4.74 Å². The minimum Gasteiger partial charge on any atom is -0.379 e. The molecular weight excluding hydrogens is 420 g/mol. The average Bonchev–Trinajstić information content (AvgIpc) is 3.25. The molecular formula is C21H22N4O3S2. The van der Waals surface area contributed by atoms with Gasteiger partial charge in [-0.05, 0) is 24.6 Å². The van der Waals surface area contributed by atoms with Crippen LogP contribution in [0.4, 0.5) is 5.13 Å². The minimum absolute atomic E-state index is 0.282. The second-order valence-electron chi connectivity index (χ2n) is 6.86. The molecule has 0 saturated carbocycles. The molecule has 1 aromatic heterocycles. The number of aromatic nitrogens is 1. The second-order valence-corrected chi connectivity index (χ2v) is 9.66. The number of hydrogen-bond donors (Lipinski definition) is 1. The number of ether oxygens (including phenoxy) is 1. The van der Waals surface area contributed by atoms with E-state index in [1.165, 1.54) is 21.2 Å². The molecule has 1 aliphatic heterocycles. The third-order valence-corrected chi connectivity index (χ3v) is 7.37. The van der Waals surface area contributed by atoms with Crippen molar-refractivity contribution >= 4 is 32.7 Å². The summed E-state index contributed by atoms with van der Waals surface area (Å²) in [5.41, 5.74) is 6.76. The zero-order chi connectivity index (χ0) is 21.0. The highest BCUT2D eigenvalue weighted by Crippen LogP contribution is 2.27. The first kappa shape index (κ1) is 20.7. The lowest BCUT2D eigenvalue weighted by molar-refractivity contribution is 0.0730. The van der Waals surface area contributed by atoms with Gasteiger partial charge in [0.15, 0.2) is 0 Å². The molecule has 9 heteroatoms. The van der Waals surface area contributed by atoms with Gasteiger partial charge in [0.05, 0.1) is 30.0 Å². The number of nitrogens with one attached hydrogen (secondary N) is 1. The molecule has 0 amide bonds. The maximum atomic E-state index is 12.7. The number of nitrogens with zero attached hydrogens (tertiary/aromatic N) is 3. The van der Waals surface area contributed by atoms with E-state index in [0.29, 0.717) is 31.4 Å². The normalized spacial score (nSPS) is 15.5. The molecule has 30 heavy (non-hydrogen) atoms. The smallest absolute Gasteiger partial charge is 0.243 e. The van der Waals surface area contributed by atoms with E-state index >= 15 is 0 Å². The second kappa shape index (κ2) is 9.05. The van der Waals surface area contributed by atoms with Crippen molar-refractivity contribution in [1.82, 2.24) is 9.29 Å². The Bertz CT molecular complexity index is 1120. The fourth-order valence-electron chi connectivity index (χ4n) is 3.01. The summed E-state index contributed by atoms with van der Waals surface area (Å²) in [5, 5.41) is 6.80. The molecule has 0 atom stereocenters. The van der Waals surface area contributed by atoms with Crippen LogP contribution in [0.5, 0.6) is 0 Å². The van der Waals surface area contributed by atoms with Crippen molar-refractivity contribution in [3.05, 3.63) is 65.0 Å². The van der Waals surface area contributed by atoms with Crippen molar-refractivity contribution < 1.29 is 13.2 Å². The Balaban J connectivity index is 1.42. The van der Waals surface area contributed by atoms with Crippen molar-refractivity contribution in [2.45, 2.75) is 11.8 Å². The highest BCUT2D eigenvalue weighted by atomic mass is 32.2. The fourth-order valence-corrected chi connectivity index (χ4v) is 5.08. The molecule has 0 bridgehead atoms. The molecule has 0 aliphatic carbocycles. The van der Waals surface area contributed by atoms with Crippen LogP contribution in [0, 0.1) is 6.92 Å². The van der Waals surface area contributed by atoms with E-state index in [-0.39, 0.29) is 4.90 Å². The summed E-state index contributed by atoms with van der Waals surface area (Å²) in [7, 11) is -3.49. The van der Waals surface area contributed by atoms with Crippen LogP contribution in [0.2, 0.25) is 0 Å². The SMILES string of the molecule is Cc1ccc(/C=N/Nc2nc(-c3ccc(S(=O)(=O)N4CCOCC4)cc3)cs2)cc1. The third-order valence-electron chi connectivity index (χ3n) is 4.71. The Hall–Kier alpha value is -2.59. The van der Waals surface area contributed by atoms with Gasteiger partial charge in [-0.1, -0.05) is 42.0 Å². The number of morpholine rings is 1. The van der Waals surface area contributed by atoms with E-state index in [1.807, 2.05) is 36.6 Å². The molecule has 2 heterocycles. The average molecular weight is 443 g/mol. The number of benzene rings is 2. The summed E-state index contributed by atoms with van der Waals surface area (Å²) in [6.45, 7) is 3.67. The molecule has 3 aromatic rings. The fraction of sp³-hybridized carbons (Fsp3) is 0.238. The zero-order valence-corrected chi connectivity index (χ0v) is 18.1. The van der Waals surface area contributed by atoms with Crippen LogP contribution < -0.4 is 5.43 Å². The van der Waals surface area contributed by atoms with Crippen LogP contribution in [0.3, 0.4) is 0 Å². The molecule has 156 valence electrons. The summed E-state index contributed by atoms with van der Waals surface area (Å²) >= 11 is 1.44. The Kier molecular flexibility index (Phi) is 6.24. The molecule has 1 saturated heterocycles.